The van der Waals surface area contributed by atoms with Crippen molar-refractivity contribution < 1.29 is 19.5 Å². The average Bonchev–Trinajstić information content (AvgIpc) is 3.65. The van der Waals surface area contributed by atoms with Crippen molar-refractivity contribution in [3.8, 4) is 11.4 Å². The highest BCUT2D eigenvalue weighted by molar-refractivity contribution is 6.87. The van der Waals surface area contributed by atoms with Crippen LogP contribution < -0.4 is 10.8 Å². The topological polar surface area (TPSA) is 132 Å². The first-order valence-corrected chi connectivity index (χ1v) is 17.0. The summed E-state index contributed by atoms with van der Waals surface area (Å²) in [6, 6.07) is 16.2. The Morgan fingerprint density at radius 3 is 2.23 bits per heavy atom. The number of hydrogen-bond donors (Lipinski definition) is 2. The van der Waals surface area contributed by atoms with Gasteiger partial charge in [0.2, 0.25) is 5.78 Å². The fraction of sp³-hybridized carbons (Fsp3) is 0.188. The number of fused-ring (bicyclic) bond motifs is 2. The minimum Gasteiger partial charge on any atom is -0.478 e. The number of nitrogens with one attached hydrogen (secondary N) is 1. The van der Waals surface area contributed by atoms with E-state index in [2.05, 4.69) is 46.5 Å². The van der Waals surface area contributed by atoms with E-state index in [0.717, 1.165) is 22.4 Å². The molecule has 2 aromatic carbocycles. The zero-order valence-electron chi connectivity index (χ0n) is 25.0. The van der Waals surface area contributed by atoms with E-state index in [1.54, 1.807) is 49.9 Å². The molecule has 1 aliphatic heterocycles. The second-order valence-electron chi connectivity index (χ2n) is 11.1. The lowest BCUT2D eigenvalue weighted by Crippen LogP contribution is -2.44. The first kappa shape index (κ1) is 30.8. The zero-order chi connectivity index (χ0) is 31.5. The minimum absolute atomic E-state index is 0.000556. The van der Waals surface area contributed by atoms with Crippen molar-refractivity contribution >= 4 is 47.6 Å². The summed E-state index contributed by atoms with van der Waals surface area (Å²) in [6.07, 6.45) is 5.01. The van der Waals surface area contributed by atoms with Crippen LogP contribution in [0.5, 0.6) is 0 Å². The summed E-state index contributed by atoms with van der Waals surface area (Å²) < 4.78 is 3.73. The molecular formula is C32H34N6O4Si. The summed E-state index contributed by atoms with van der Waals surface area (Å²) >= 11 is 0. The number of ketones is 2. The quantitative estimate of drug-likeness (QED) is 0.163. The number of para-hydroxylation sites is 2. The summed E-state index contributed by atoms with van der Waals surface area (Å²) in [5, 5.41) is 12.9. The van der Waals surface area contributed by atoms with Gasteiger partial charge in [0.05, 0.1) is 52.3 Å². The molecule has 0 spiro atoms. The first-order valence-electron chi connectivity index (χ1n) is 13.5. The number of carboxylic acids is 1. The SMILES string of the molecule is C=C1Nc2ccccc2C1=O.CC(=O)c1cnc([Si](C)(C)C)n1C.Cn1cncc1-c1cc(C(=O)O)c2ccccc2n1. The molecule has 5 aromatic rings. The largest absolute Gasteiger partial charge is 0.478 e. The van der Waals surface area contributed by atoms with Crippen LogP contribution in [0.2, 0.25) is 19.6 Å². The van der Waals surface area contributed by atoms with Crippen LogP contribution in [0.4, 0.5) is 5.69 Å². The highest BCUT2D eigenvalue weighted by atomic mass is 28.3. The van der Waals surface area contributed by atoms with Gasteiger partial charge in [0.25, 0.3) is 0 Å². The molecule has 0 saturated heterocycles. The maximum absolute atomic E-state index is 11.4. The van der Waals surface area contributed by atoms with E-state index >= 15 is 0 Å². The second-order valence-corrected chi connectivity index (χ2v) is 16.0. The van der Waals surface area contributed by atoms with E-state index in [-0.39, 0.29) is 17.1 Å². The third kappa shape index (κ3) is 6.68. The molecule has 0 unspecified atom stereocenters. The number of aryl methyl sites for hydroxylation is 1. The van der Waals surface area contributed by atoms with Gasteiger partial charge in [-0.25, -0.2) is 19.7 Å². The van der Waals surface area contributed by atoms with Crippen molar-refractivity contribution in [1.29, 1.82) is 0 Å². The predicted octanol–water partition coefficient (Wildman–Crippen LogP) is 5.31. The molecule has 43 heavy (non-hydrogen) atoms. The number of imidazole rings is 2. The number of pyridine rings is 1. The lowest BCUT2D eigenvalue weighted by atomic mass is 10.1. The number of benzene rings is 2. The number of nitrogens with zero attached hydrogens (tertiary/aromatic N) is 5. The van der Waals surface area contributed by atoms with Crippen molar-refractivity contribution in [3.05, 3.63) is 102 Å². The fourth-order valence-electron chi connectivity index (χ4n) is 4.69. The molecule has 0 amide bonds. The predicted molar refractivity (Wildman–Crippen MR) is 171 cm³/mol. The van der Waals surface area contributed by atoms with Gasteiger partial charge < -0.3 is 19.6 Å². The van der Waals surface area contributed by atoms with Gasteiger partial charge in [-0.3, -0.25) is 9.59 Å². The van der Waals surface area contributed by atoms with E-state index in [1.165, 1.54) is 0 Å². The fourth-order valence-corrected chi connectivity index (χ4v) is 6.27. The third-order valence-electron chi connectivity index (χ3n) is 6.78. The molecule has 0 saturated carbocycles. The summed E-state index contributed by atoms with van der Waals surface area (Å²) in [5.74, 6) is -0.873. The van der Waals surface area contributed by atoms with Crippen LogP contribution in [-0.2, 0) is 14.1 Å². The highest BCUT2D eigenvalue weighted by Gasteiger charge is 2.24. The molecule has 6 rings (SSSR count). The Labute approximate surface area is 250 Å². The molecule has 220 valence electrons. The number of carboxylic acid groups (broad SMARTS) is 1. The lowest BCUT2D eigenvalue weighted by Gasteiger charge is -2.15. The monoisotopic (exact) mass is 594 g/mol. The van der Waals surface area contributed by atoms with E-state index < -0.39 is 14.0 Å². The molecule has 1 aliphatic rings. The summed E-state index contributed by atoms with van der Waals surface area (Å²) in [6.45, 7) is 11.8. The van der Waals surface area contributed by atoms with E-state index in [1.807, 2.05) is 53.6 Å². The number of carbonyl (C=O) groups excluding carboxylic acids is 2. The number of Topliss-reactive ketones (excluding diaryl/α,β-unsaturated/α-hetero) is 2. The molecule has 0 aliphatic carbocycles. The molecule has 2 N–H and O–H groups in total. The molecule has 0 fully saturated rings. The molecule has 0 bridgehead atoms. The minimum atomic E-state index is -1.40. The lowest BCUT2D eigenvalue weighted by molar-refractivity contribution is 0.0698. The van der Waals surface area contributed by atoms with Gasteiger partial charge in [0.15, 0.2) is 5.78 Å². The van der Waals surface area contributed by atoms with Crippen LogP contribution >= 0.6 is 0 Å². The van der Waals surface area contributed by atoms with Crippen molar-refractivity contribution in [2.45, 2.75) is 26.6 Å². The Morgan fingerprint density at radius 2 is 1.67 bits per heavy atom. The Balaban J connectivity index is 0.000000155. The van der Waals surface area contributed by atoms with E-state index in [0.29, 0.717) is 28.0 Å². The zero-order valence-corrected chi connectivity index (χ0v) is 26.0. The first-order chi connectivity index (χ1) is 20.3. The maximum atomic E-state index is 11.4. The third-order valence-corrected chi connectivity index (χ3v) is 8.58. The summed E-state index contributed by atoms with van der Waals surface area (Å²) in [4.78, 5) is 46.6. The Kier molecular flexibility index (Phi) is 8.86. The number of carbonyl (C=O) groups is 3. The summed E-state index contributed by atoms with van der Waals surface area (Å²) in [5.41, 5.74) is 6.14. The smallest absolute Gasteiger partial charge is 0.336 e. The second kappa shape index (κ2) is 12.4. The van der Waals surface area contributed by atoms with Gasteiger partial charge in [-0.2, -0.15) is 0 Å². The van der Waals surface area contributed by atoms with Crippen LogP contribution in [0.1, 0.15) is 38.1 Å². The number of hydrogen-bond acceptors (Lipinski definition) is 7. The van der Waals surface area contributed by atoms with Crippen LogP contribution in [0.25, 0.3) is 22.3 Å². The molecule has 3 aromatic heterocycles. The number of anilines is 1. The Bertz CT molecular complexity index is 1870. The molecule has 11 heteroatoms. The van der Waals surface area contributed by atoms with Crippen molar-refractivity contribution in [2.75, 3.05) is 5.32 Å². The van der Waals surface area contributed by atoms with E-state index in [4.69, 9.17) is 0 Å². The number of aromatic nitrogens is 5. The number of allylic oxidation sites excluding steroid dienone is 1. The van der Waals surface area contributed by atoms with Gasteiger partial charge in [0.1, 0.15) is 13.8 Å². The molecular weight excluding hydrogens is 560 g/mol. The summed E-state index contributed by atoms with van der Waals surface area (Å²) in [7, 11) is 2.36. The van der Waals surface area contributed by atoms with E-state index in [9.17, 15) is 19.5 Å². The van der Waals surface area contributed by atoms with Gasteiger partial charge in [0, 0.05) is 37.7 Å². The maximum Gasteiger partial charge on any atom is 0.336 e. The van der Waals surface area contributed by atoms with Crippen molar-refractivity contribution in [2.24, 2.45) is 14.1 Å². The molecule has 0 radical (unpaired) electrons. The number of rotatable bonds is 4. The van der Waals surface area contributed by atoms with Crippen molar-refractivity contribution in [3.63, 3.8) is 0 Å². The Morgan fingerprint density at radius 1 is 1.00 bits per heavy atom. The number of aromatic carboxylic acids is 1. The van der Waals surface area contributed by atoms with Gasteiger partial charge in [-0.15, -0.1) is 0 Å². The van der Waals surface area contributed by atoms with Crippen LogP contribution in [0.3, 0.4) is 0 Å². The molecule has 0 atom stereocenters. The standard InChI is InChI=1S/C14H11N3O2.C9H16N2OSi.C9H7NO/c1-17-8-15-7-13(17)12-6-10(14(18)19)9-4-2-3-5-11(9)16-12;1-7(12)8-6-10-9(11(8)2)13(3,4)5;1-6-9(11)7-4-2-3-5-8(7)10-6/h2-8H,1H3,(H,18,19);6H,1-5H3;2-5,10H,1H2. The Hall–Kier alpha value is -5.16. The average molecular weight is 595 g/mol. The molecule has 10 nitrogen and oxygen atoms in total. The van der Waals surface area contributed by atoms with Gasteiger partial charge in [-0.05, 0) is 24.3 Å². The van der Waals surface area contributed by atoms with Crippen LogP contribution in [0.15, 0.2) is 85.6 Å². The normalized spacial score (nSPS) is 12.0. The van der Waals surface area contributed by atoms with Crippen molar-refractivity contribution in [1.82, 2.24) is 24.1 Å². The highest BCUT2D eigenvalue weighted by Crippen LogP contribution is 2.26. The van der Waals surface area contributed by atoms with Gasteiger partial charge in [-0.1, -0.05) is 56.6 Å². The van der Waals surface area contributed by atoms with Crippen LogP contribution in [0, 0.1) is 0 Å². The molecule has 4 heterocycles. The van der Waals surface area contributed by atoms with Crippen LogP contribution in [-0.4, -0.2) is 54.8 Å². The van der Waals surface area contributed by atoms with Gasteiger partial charge >= 0.3 is 5.97 Å².